The smallest absolute Gasteiger partial charge is 0.111 e. The molecule has 0 heterocycles. The van der Waals surface area contributed by atoms with E-state index in [0.29, 0.717) is 0 Å². The van der Waals surface area contributed by atoms with E-state index in [2.05, 4.69) is 24.2 Å². The Morgan fingerprint density at radius 3 is 2.00 bits per heavy atom. The number of hydrogen-bond donors (Lipinski definition) is 2. The van der Waals surface area contributed by atoms with E-state index in [1.54, 1.807) is 13.8 Å². The van der Waals surface area contributed by atoms with E-state index in [-0.39, 0.29) is 6.61 Å². The summed E-state index contributed by atoms with van der Waals surface area (Å²) in [5.41, 5.74) is 0. The average molecular weight is 140 g/mol. The van der Waals surface area contributed by atoms with Crippen molar-refractivity contribution in [2.75, 3.05) is 6.61 Å². The van der Waals surface area contributed by atoms with Crippen molar-refractivity contribution < 1.29 is 10.2 Å². The minimum absolute atomic E-state index is 0.0174. The van der Waals surface area contributed by atoms with Crippen molar-refractivity contribution in [3.63, 3.8) is 0 Å². The lowest BCUT2D eigenvalue weighted by Gasteiger charge is -1.80. The minimum atomic E-state index is -0.588. The Balaban J connectivity index is 0. The normalized spacial score (nSPS) is 9.10. The van der Waals surface area contributed by atoms with Crippen LogP contribution in [0.5, 0.6) is 0 Å². The molecule has 0 saturated carbocycles. The maximum Gasteiger partial charge on any atom is 0.111 e. The lowest BCUT2D eigenvalue weighted by Crippen LogP contribution is -1.90. The lowest BCUT2D eigenvalue weighted by molar-refractivity contribution is 0.253. The molecule has 0 aromatic heterocycles. The largest absolute Gasteiger partial charge is 0.384 e. The van der Waals surface area contributed by atoms with Crippen LogP contribution in [-0.4, -0.2) is 22.9 Å². The van der Waals surface area contributed by atoms with E-state index in [1.165, 1.54) is 0 Å². The molecule has 0 aromatic carbocycles. The number of aliphatic hydroxyl groups excluding tert-OH is 2. The second-order valence-electron chi connectivity index (χ2n) is 1.43. The van der Waals surface area contributed by atoms with Gasteiger partial charge in [-0.15, -0.1) is 12.3 Å². The van der Waals surface area contributed by atoms with Crippen LogP contribution < -0.4 is 0 Å². The van der Waals surface area contributed by atoms with E-state index >= 15 is 0 Å². The van der Waals surface area contributed by atoms with Gasteiger partial charge in [0.15, 0.2) is 0 Å². The molecule has 1 atom stereocenters. The molecule has 0 amide bonds. The van der Waals surface area contributed by atoms with Gasteiger partial charge in [-0.2, -0.15) is 0 Å². The first-order valence-corrected chi connectivity index (χ1v) is 2.83. The van der Waals surface area contributed by atoms with Crippen LogP contribution in [0.4, 0.5) is 0 Å². The molecular weight excluding hydrogens is 128 g/mol. The number of terminal acetylenes is 1. The van der Waals surface area contributed by atoms with Gasteiger partial charge in [0.2, 0.25) is 0 Å². The van der Waals surface area contributed by atoms with E-state index in [1.807, 2.05) is 0 Å². The molecule has 0 radical (unpaired) electrons. The molecule has 1 unspecified atom stereocenters. The maximum absolute atomic E-state index is 8.12. The summed E-state index contributed by atoms with van der Waals surface area (Å²) in [5.74, 6) is 7.02. The zero-order chi connectivity index (χ0) is 8.41. The van der Waals surface area contributed by atoms with Crippen molar-refractivity contribution in [3.8, 4) is 24.2 Å². The summed E-state index contributed by atoms with van der Waals surface area (Å²) in [6, 6.07) is 0. The summed E-state index contributed by atoms with van der Waals surface area (Å²) in [7, 11) is 0. The molecule has 0 spiro atoms. The van der Waals surface area contributed by atoms with Crippen molar-refractivity contribution in [3.05, 3.63) is 0 Å². The van der Waals surface area contributed by atoms with Gasteiger partial charge >= 0.3 is 0 Å². The second-order valence-corrected chi connectivity index (χ2v) is 1.43. The SMILES string of the molecule is C#CC(C)O.CC#CCO. The fourth-order valence-corrected chi connectivity index (χ4v) is 0.0791. The molecule has 0 saturated heterocycles. The van der Waals surface area contributed by atoms with E-state index in [9.17, 15) is 0 Å². The molecule has 56 valence electrons. The summed E-state index contributed by atoms with van der Waals surface area (Å²) < 4.78 is 0. The van der Waals surface area contributed by atoms with Crippen molar-refractivity contribution in [1.29, 1.82) is 0 Å². The number of aliphatic hydroxyl groups is 2. The Labute approximate surface area is 61.9 Å². The van der Waals surface area contributed by atoms with Gasteiger partial charge in [0.05, 0.1) is 0 Å². The summed E-state index contributed by atoms with van der Waals surface area (Å²) in [6.07, 6.45) is 4.08. The van der Waals surface area contributed by atoms with Crippen molar-refractivity contribution in [2.45, 2.75) is 20.0 Å². The zero-order valence-corrected chi connectivity index (χ0v) is 6.26. The molecule has 0 aliphatic carbocycles. The summed E-state index contributed by atoms with van der Waals surface area (Å²) in [4.78, 5) is 0. The Morgan fingerprint density at radius 1 is 1.60 bits per heavy atom. The molecule has 0 aliphatic rings. The lowest BCUT2D eigenvalue weighted by atomic mass is 10.4. The molecule has 0 fully saturated rings. The van der Waals surface area contributed by atoms with Crippen LogP contribution in [0.25, 0.3) is 0 Å². The van der Waals surface area contributed by atoms with E-state index < -0.39 is 6.10 Å². The van der Waals surface area contributed by atoms with Crippen molar-refractivity contribution >= 4 is 0 Å². The van der Waals surface area contributed by atoms with Crippen LogP contribution in [-0.2, 0) is 0 Å². The van der Waals surface area contributed by atoms with Crippen LogP contribution in [0, 0.1) is 24.2 Å². The fraction of sp³-hybridized carbons (Fsp3) is 0.500. The monoisotopic (exact) mass is 140 g/mol. The molecule has 2 heteroatoms. The highest BCUT2D eigenvalue weighted by molar-refractivity contribution is 4.93. The molecule has 0 bridgehead atoms. The summed E-state index contributed by atoms with van der Waals surface area (Å²) in [6.45, 7) is 3.22. The summed E-state index contributed by atoms with van der Waals surface area (Å²) >= 11 is 0. The molecule has 2 nitrogen and oxygen atoms in total. The topological polar surface area (TPSA) is 40.5 Å². The van der Waals surface area contributed by atoms with Gasteiger partial charge < -0.3 is 10.2 Å². The van der Waals surface area contributed by atoms with E-state index in [0.717, 1.165) is 0 Å². The van der Waals surface area contributed by atoms with Crippen LogP contribution in [0.2, 0.25) is 0 Å². The minimum Gasteiger partial charge on any atom is -0.384 e. The summed E-state index contributed by atoms with van der Waals surface area (Å²) in [5, 5.41) is 16.0. The van der Waals surface area contributed by atoms with Crippen molar-refractivity contribution in [1.82, 2.24) is 0 Å². The molecular formula is C8H12O2. The van der Waals surface area contributed by atoms with Gasteiger partial charge in [0.1, 0.15) is 12.7 Å². The second kappa shape index (κ2) is 10.9. The molecule has 0 aliphatic heterocycles. The average Bonchev–Trinajstić information content (AvgIpc) is 1.91. The maximum atomic E-state index is 8.12. The molecule has 0 aromatic rings. The Hall–Kier alpha value is -0.960. The number of hydrogen-bond acceptors (Lipinski definition) is 2. The van der Waals surface area contributed by atoms with Gasteiger partial charge in [-0.1, -0.05) is 11.8 Å². The Morgan fingerprint density at radius 2 is 2.00 bits per heavy atom. The predicted octanol–water partition coefficient (Wildman–Crippen LogP) is 0.00240. The van der Waals surface area contributed by atoms with Gasteiger partial charge in [-0.25, -0.2) is 0 Å². The first kappa shape index (κ1) is 11.8. The Bertz CT molecular complexity index is 143. The molecule has 0 rings (SSSR count). The standard InChI is InChI=1S/2C4H6O/c1-3-4(2)5;1-2-3-4-5/h1,4-5H,2H3;5H,4H2,1H3. The molecule has 10 heavy (non-hydrogen) atoms. The van der Waals surface area contributed by atoms with Crippen LogP contribution in [0.3, 0.4) is 0 Å². The quantitative estimate of drug-likeness (QED) is 0.465. The van der Waals surface area contributed by atoms with E-state index in [4.69, 9.17) is 10.2 Å². The third-order valence-corrected chi connectivity index (χ3v) is 0.497. The number of rotatable bonds is 0. The fourth-order valence-electron chi connectivity index (χ4n) is 0.0791. The third kappa shape index (κ3) is 27.8. The first-order chi connectivity index (χ1) is 4.68. The Kier molecular flexibility index (Phi) is 12.9. The van der Waals surface area contributed by atoms with Crippen LogP contribution >= 0.6 is 0 Å². The van der Waals surface area contributed by atoms with Crippen molar-refractivity contribution in [2.24, 2.45) is 0 Å². The van der Waals surface area contributed by atoms with Crippen LogP contribution in [0.1, 0.15) is 13.8 Å². The van der Waals surface area contributed by atoms with Gasteiger partial charge in [-0.3, -0.25) is 0 Å². The van der Waals surface area contributed by atoms with Gasteiger partial charge in [-0.05, 0) is 13.8 Å². The first-order valence-electron chi connectivity index (χ1n) is 2.83. The zero-order valence-electron chi connectivity index (χ0n) is 6.26. The van der Waals surface area contributed by atoms with Gasteiger partial charge in [0, 0.05) is 0 Å². The predicted molar refractivity (Wildman–Crippen MR) is 41.0 cm³/mol. The highest BCUT2D eigenvalue weighted by Gasteiger charge is 1.75. The third-order valence-electron chi connectivity index (χ3n) is 0.497. The highest BCUT2D eigenvalue weighted by atomic mass is 16.3. The van der Waals surface area contributed by atoms with Crippen LogP contribution in [0.15, 0.2) is 0 Å². The van der Waals surface area contributed by atoms with Gasteiger partial charge in [0.25, 0.3) is 0 Å². The molecule has 2 N–H and O–H groups in total. The highest BCUT2D eigenvalue weighted by Crippen LogP contribution is 1.66.